The molecule has 3 N–H and O–H groups in total. The lowest BCUT2D eigenvalue weighted by Gasteiger charge is -2.14. The molecule has 3 heteroatoms. The molecule has 20 heavy (non-hydrogen) atoms. The molecule has 1 heterocycles. The van der Waals surface area contributed by atoms with Crippen LogP contribution in [0, 0.1) is 6.92 Å². The van der Waals surface area contributed by atoms with Gasteiger partial charge in [-0.05, 0) is 25.3 Å². The van der Waals surface area contributed by atoms with Crippen LogP contribution in [0.1, 0.15) is 55.7 Å². The van der Waals surface area contributed by atoms with E-state index in [2.05, 4.69) is 41.4 Å². The third kappa shape index (κ3) is 2.58. The van der Waals surface area contributed by atoms with Crippen LogP contribution in [-0.2, 0) is 0 Å². The minimum atomic E-state index is 0.582. The Hall–Kier alpha value is -1.77. The van der Waals surface area contributed by atoms with Gasteiger partial charge in [0.1, 0.15) is 0 Å². The van der Waals surface area contributed by atoms with Gasteiger partial charge < -0.3 is 5.73 Å². The van der Waals surface area contributed by atoms with Crippen LogP contribution in [0.25, 0.3) is 11.1 Å². The monoisotopic (exact) mass is 269 g/mol. The number of benzene rings is 1. The predicted molar refractivity (Wildman–Crippen MR) is 83.6 cm³/mol. The molecule has 1 aliphatic carbocycles. The molecule has 0 atom stereocenters. The van der Waals surface area contributed by atoms with Gasteiger partial charge in [0.2, 0.25) is 0 Å². The van der Waals surface area contributed by atoms with Gasteiger partial charge in [-0.2, -0.15) is 5.10 Å². The Labute approximate surface area is 120 Å². The van der Waals surface area contributed by atoms with Gasteiger partial charge in [0.15, 0.2) is 5.82 Å². The number of rotatable bonds is 2. The highest BCUT2D eigenvalue weighted by Crippen LogP contribution is 2.38. The summed E-state index contributed by atoms with van der Waals surface area (Å²) in [5.41, 5.74) is 10.9. The number of H-pyrrole nitrogens is 1. The molecule has 1 fully saturated rings. The average molecular weight is 269 g/mol. The summed E-state index contributed by atoms with van der Waals surface area (Å²) in [5, 5.41) is 7.48. The van der Waals surface area contributed by atoms with E-state index in [0.717, 1.165) is 5.56 Å². The number of aromatic nitrogens is 2. The van der Waals surface area contributed by atoms with Gasteiger partial charge >= 0.3 is 0 Å². The van der Waals surface area contributed by atoms with Crippen molar-refractivity contribution < 1.29 is 0 Å². The van der Waals surface area contributed by atoms with E-state index in [9.17, 15) is 0 Å². The molecule has 1 aromatic carbocycles. The Balaban J connectivity index is 1.98. The zero-order valence-corrected chi connectivity index (χ0v) is 12.2. The zero-order chi connectivity index (χ0) is 13.9. The number of nitrogens with zero attached hydrogens (tertiary/aromatic N) is 1. The molecule has 0 radical (unpaired) electrons. The number of anilines is 1. The Morgan fingerprint density at radius 2 is 1.70 bits per heavy atom. The third-order valence-electron chi connectivity index (χ3n) is 4.43. The molecule has 2 aromatic rings. The summed E-state index contributed by atoms with van der Waals surface area (Å²) in [6.07, 6.45) is 7.86. The standard InChI is InChI=1S/C17H23N3/c1-12-8-10-13(11-9-12)15-16(19-20-17(15)18)14-6-4-2-3-5-7-14/h8-11,14H,2-7H2,1H3,(H3,18,19,20). The van der Waals surface area contributed by atoms with Crippen molar-refractivity contribution in [1.82, 2.24) is 10.2 Å². The number of nitrogens with one attached hydrogen (secondary N) is 1. The van der Waals surface area contributed by atoms with Crippen LogP contribution < -0.4 is 5.73 Å². The average Bonchev–Trinajstić information content (AvgIpc) is 2.67. The van der Waals surface area contributed by atoms with Gasteiger partial charge in [-0.1, -0.05) is 55.5 Å². The van der Waals surface area contributed by atoms with Gasteiger partial charge in [0.25, 0.3) is 0 Å². The molecule has 106 valence electrons. The van der Waals surface area contributed by atoms with Crippen molar-refractivity contribution in [2.75, 3.05) is 5.73 Å². The first-order chi connectivity index (χ1) is 9.75. The van der Waals surface area contributed by atoms with E-state index in [4.69, 9.17) is 5.73 Å². The van der Waals surface area contributed by atoms with Gasteiger partial charge in [0.05, 0.1) is 0 Å². The lowest BCUT2D eigenvalue weighted by molar-refractivity contribution is 0.577. The smallest absolute Gasteiger partial charge is 0.153 e. The minimum Gasteiger partial charge on any atom is -0.382 e. The highest BCUT2D eigenvalue weighted by molar-refractivity contribution is 5.76. The Morgan fingerprint density at radius 1 is 1.05 bits per heavy atom. The van der Waals surface area contributed by atoms with E-state index in [1.54, 1.807) is 0 Å². The molecule has 3 nitrogen and oxygen atoms in total. The fourth-order valence-electron chi connectivity index (χ4n) is 3.26. The predicted octanol–water partition coefficient (Wildman–Crippen LogP) is 4.41. The fraction of sp³-hybridized carbons (Fsp3) is 0.471. The van der Waals surface area contributed by atoms with E-state index in [-0.39, 0.29) is 0 Å². The van der Waals surface area contributed by atoms with Crippen molar-refractivity contribution in [2.24, 2.45) is 0 Å². The largest absolute Gasteiger partial charge is 0.382 e. The van der Waals surface area contributed by atoms with Crippen molar-refractivity contribution in [3.05, 3.63) is 35.5 Å². The number of nitrogens with two attached hydrogens (primary N) is 1. The van der Waals surface area contributed by atoms with Gasteiger partial charge in [-0.3, -0.25) is 5.10 Å². The topological polar surface area (TPSA) is 54.7 Å². The van der Waals surface area contributed by atoms with Gasteiger partial charge in [0, 0.05) is 17.2 Å². The van der Waals surface area contributed by atoms with Crippen LogP contribution in [-0.4, -0.2) is 10.2 Å². The summed E-state index contributed by atoms with van der Waals surface area (Å²) >= 11 is 0. The van der Waals surface area contributed by atoms with E-state index < -0.39 is 0 Å². The molecule has 1 aromatic heterocycles. The molecular formula is C17H23N3. The first-order valence-corrected chi connectivity index (χ1v) is 7.66. The molecule has 3 rings (SSSR count). The van der Waals surface area contributed by atoms with Crippen LogP contribution in [0.4, 0.5) is 5.82 Å². The first-order valence-electron chi connectivity index (χ1n) is 7.66. The Bertz CT molecular complexity index is 560. The maximum atomic E-state index is 6.11. The van der Waals surface area contributed by atoms with Crippen LogP contribution >= 0.6 is 0 Å². The molecule has 0 unspecified atom stereocenters. The van der Waals surface area contributed by atoms with Crippen LogP contribution in [0.5, 0.6) is 0 Å². The summed E-state index contributed by atoms with van der Waals surface area (Å²) in [7, 11) is 0. The van der Waals surface area contributed by atoms with Crippen LogP contribution in [0.15, 0.2) is 24.3 Å². The molecule has 0 saturated heterocycles. The maximum Gasteiger partial charge on any atom is 0.153 e. The minimum absolute atomic E-state index is 0.582. The third-order valence-corrected chi connectivity index (χ3v) is 4.43. The molecule has 0 spiro atoms. The lowest BCUT2D eigenvalue weighted by Crippen LogP contribution is -2.00. The van der Waals surface area contributed by atoms with Gasteiger partial charge in [-0.15, -0.1) is 0 Å². The summed E-state index contributed by atoms with van der Waals surface area (Å²) in [6, 6.07) is 8.57. The number of aryl methyl sites for hydroxylation is 1. The van der Waals surface area contributed by atoms with Crippen molar-refractivity contribution in [3.8, 4) is 11.1 Å². The van der Waals surface area contributed by atoms with E-state index in [1.807, 2.05) is 0 Å². The lowest BCUT2D eigenvalue weighted by atomic mass is 9.91. The number of hydrogen-bond donors (Lipinski definition) is 2. The second-order valence-electron chi connectivity index (χ2n) is 5.95. The Kier molecular flexibility index (Phi) is 3.77. The SMILES string of the molecule is Cc1ccc(-c2c(N)n[nH]c2C2CCCCCC2)cc1. The highest BCUT2D eigenvalue weighted by atomic mass is 15.2. The number of nitrogen functional groups attached to an aromatic ring is 1. The number of hydrogen-bond acceptors (Lipinski definition) is 2. The normalized spacial score (nSPS) is 17.1. The first kappa shape index (κ1) is 13.2. The second-order valence-corrected chi connectivity index (χ2v) is 5.95. The molecule has 0 amide bonds. The van der Waals surface area contributed by atoms with E-state index in [0.29, 0.717) is 11.7 Å². The van der Waals surface area contributed by atoms with Crippen molar-refractivity contribution in [3.63, 3.8) is 0 Å². The fourth-order valence-corrected chi connectivity index (χ4v) is 3.26. The maximum absolute atomic E-state index is 6.11. The summed E-state index contributed by atoms with van der Waals surface area (Å²) in [6.45, 7) is 2.11. The molecule has 1 aliphatic rings. The molecule has 0 bridgehead atoms. The molecule has 1 saturated carbocycles. The van der Waals surface area contributed by atoms with E-state index >= 15 is 0 Å². The number of aromatic amines is 1. The summed E-state index contributed by atoms with van der Waals surface area (Å²) in [4.78, 5) is 0. The van der Waals surface area contributed by atoms with Crippen molar-refractivity contribution >= 4 is 5.82 Å². The molecular weight excluding hydrogens is 246 g/mol. The quantitative estimate of drug-likeness (QED) is 0.794. The zero-order valence-electron chi connectivity index (χ0n) is 12.2. The van der Waals surface area contributed by atoms with E-state index in [1.165, 1.54) is 55.3 Å². The van der Waals surface area contributed by atoms with Crippen molar-refractivity contribution in [1.29, 1.82) is 0 Å². The summed E-state index contributed by atoms with van der Waals surface area (Å²) in [5.74, 6) is 1.21. The summed E-state index contributed by atoms with van der Waals surface area (Å²) < 4.78 is 0. The molecule has 0 aliphatic heterocycles. The second kappa shape index (κ2) is 5.70. The van der Waals surface area contributed by atoms with Crippen molar-refractivity contribution in [2.45, 2.75) is 51.4 Å². The van der Waals surface area contributed by atoms with Crippen LogP contribution in [0.2, 0.25) is 0 Å². The Morgan fingerprint density at radius 3 is 2.35 bits per heavy atom. The highest BCUT2D eigenvalue weighted by Gasteiger charge is 2.22. The van der Waals surface area contributed by atoms with Gasteiger partial charge in [-0.25, -0.2) is 0 Å². The van der Waals surface area contributed by atoms with Crippen LogP contribution in [0.3, 0.4) is 0 Å².